The van der Waals surface area contributed by atoms with Crippen molar-refractivity contribution in [2.75, 3.05) is 18.4 Å². The Morgan fingerprint density at radius 1 is 1.05 bits per heavy atom. The van der Waals surface area contributed by atoms with Crippen LogP contribution < -0.4 is 15.4 Å². The van der Waals surface area contributed by atoms with E-state index in [0.29, 0.717) is 23.2 Å². The van der Waals surface area contributed by atoms with Crippen LogP contribution in [-0.4, -0.2) is 59.3 Å². The maximum atomic E-state index is 12.9. The molecule has 204 valence electrons. The van der Waals surface area contributed by atoms with Gasteiger partial charge in [0.15, 0.2) is 0 Å². The van der Waals surface area contributed by atoms with E-state index in [4.69, 9.17) is 0 Å². The molecule has 2 aromatic carbocycles. The van der Waals surface area contributed by atoms with Gasteiger partial charge in [-0.25, -0.2) is 13.4 Å². The Labute approximate surface area is 226 Å². The van der Waals surface area contributed by atoms with E-state index in [1.165, 1.54) is 0 Å². The van der Waals surface area contributed by atoms with E-state index in [9.17, 15) is 23.1 Å². The van der Waals surface area contributed by atoms with Gasteiger partial charge in [-0.15, -0.1) is 0 Å². The van der Waals surface area contributed by atoms with Gasteiger partial charge < -0.3 is 15.7 Å². The minimum atomic E-state index is -4.13. The molecule has 1 atom stereocenters. The number of aliphatic carboxylic acids is 1. The van der Waals surface area contributed by atoms with Gasteiger partial charge in [-0.2, -0.15) is 9.82 Å². The largest absolute Gasteiger partial charge is 0.480 e. The average molecular weight is 551 g/mol. The minimum Gasteiger partial charge on any atom is -0.480 e. The molecule has 0 fully saturated rings. The summed E-state index contributed by atoms with van der Waals surface area (Å²) in [5, 5.41) is 20.5. The third-order valence-corrected chi connectivity index (χ3v) is 7.94. The quantitative estimate of drug-likeness (QED) is 0.196. The average Bonchev–Trinajstić information content (AvgIpc) is 3.31. The molecular formula is C27H30N6O5S. The zero-order chi connectivity index (χ0) is 28.0. The van der Waals surface area contributed by atoms with Gasteiger partial charge in [-0.1, -0.05) is 24.3 Å². The number of nitrogens with one attached hydrogen (secondary N) is 3. The number of carbonyl (C=O) groups is 2. The number of benzene rings is 2. The summed E-state index contributed by atoms with van der Waals surface area (Å²) >= 11 is 0. The van der Waals surface area contributed by atoms with Crippen molar-refractivity contribution < 1.29 is 23.1 Å². The molecule has 0 radical (unpaired) electrons. The minimum absolute atomic E-state index is 0.0255. The maximum Gasteiger partial charge on any atom is 0.323 e. The molecule has 1 amide bonds. The second-order valence-corrected chi connectivity index (χ2v) is 10.7. The standard InChI is InChI=1S/C27H30N6O5S/c1-18-7-5-8-19(2)25(18)39(37,38)32-22(27(35)36)17-30-26(34)20-10-11-23-21(15-20)16-31-33(23)14-6-13-29-24-9-3-4-12-28-24/h3-5,7-12,15-16,22,32H,6,13-14,17H2,1-2H3,(H,28,29)(H,30,34)(H,35,36). The van der Waals surface area contributed by atoms with E-state index in [0.717, 1.165) is 29.7 Å². The number of carboxylic acids is 1. The van der Waals surface area contributed by atoms with Crippen LogP contribution in [0.5, 0.6) is 0 Å². The number of aromatic nitrogens is 3. The predicted molar refractivity (Wildman–Crippen MR) is 147 cm³/mol. The number of aryl methyl sites for hydroxylation is 3. The molecule has 0 saturated carbocycles. The van der Waals surface area contributed by atoms with Crippen molar-refractivity contribution in [2.45, 2.75) is 37.8 Å². The van der Waals surface area contributed by atoms with Crippen LogP contribution in [0.25, 0.3) is 10.9 Å². The van der Waals surface area contributed by atoms with Gasteiger partial charge in [-0.3, -0.25) is 14.3 Å². The van der Waals surface area contributed by atoms with Crippen LogP contribution in [0.2, 0.25) is 0 Å². The summed E-state index contributed by atoms with van der Waals surface area (Å²) in [6.07, 6.45) is 4.20. The molecule has 0 bridgehead atoms. The molecule has 0 aliphatic carbocycles. The van der Waals surface area contributed by atoms with Crippen LogP contribution in [0, 0.1) is 13.8 Å². The predicted octanol–water partition coefficient (Wildman–Crippen LogP) is 2.71. The first kappa shape index (κ1) is 27.7. The molecule has 0 spiro atoms. The highest BCUT2D eigenvalue weighted by Gasteiger charge is 2.28. The number of hydrogen-bond donors (Lipinski definition) is 4. The molecule has 1 unspecified atom stereocenters. The van der Waals surface area contributed by atoms with E-state index in [1.807, 2.05) is 22.9 Å². The molecule has 2 aromatic heterocycles. The first-order chi connectivity index (χ1) is 18.7. The lowest BCUT2D eigenvalue weighted by molar-refractivity contribution is -0.138. The number of carbonyl (C=O) groups excluding carboxylic acids is 1. The molecule has 2 heterocycles. The fourth-order valence-electron chi connectivity index (χ4n) is 4.26. The van der Waals surface area contributed by atoms with Crippen molar-refractivity contribution in [1.29, 1.82) is 0 Å². The Balaban J connectivity index is 1.36. The second-order valence-electron chi connectivity index (χ2n) is 9.08. The van der Waals surface area contributed by atoms with Gasteiger partial charge in [0, 0.05) is 36.8 Å². The molecule has 12 heteroatoms. The third kappa shape index (κ3) is 6.78. The van der Waals surface area contributed by atoms with E-state index in [2.05, 4.69) is 25.4 Å². The fraction of sp³-hybridized carbons (Fsp3) is 0.259. The van der Waals surface area contributed by atoms with Crippen molar-refractivity contribution >= 4 is 38.6 Å². The van der Waals surface area contributed by atoms with Crippen LogP contribution in [-0.2, 0) is 21.4 Å². The topological polar surface area (TPSA) is 155 Å². The van der Waals surface area contributed by atoms with Gasteiger partial charge in [-0.05, 0) is 61.7 Å². The number of pyridine rings is 1. The molecule has 4 aromatic rings. The molecule has 4 N–H and O–H groups in total. The van der Waals surface area contributed by atoms with E-state index < -0.39 is 34.5 Å². The summed E-state index contributed by atoms with van der Waals surface area (Å²) < 4.78 is 29.9. The number of fused-ring (bicyclic) bond motifs is 1. The van der Waals surface area contributed by atoms with Crippen molar-refractivity contribution in [1.82, 2.24) is 24.8 Å². The Morgan fingerprint density at radius 2 is 1.82 bits per heavy atom. The van der Waals surface area contributed by atoms with Crippen molar-refractivity contribution in [3.05, 3.63) is 83.7 Å². The summed E-state index contributed by atoms with van der Waals surface area (Å²) in [7, 11) is -4.13. The molecule has 4 rings (SSSR count). The highest BCUT2D eigenvalue weighted by Crippen LogP contribution is 2.20. The Kier molecular flexibility index (Phi) is 8.57. The Hall–Kier alpha value is -4.29. The lowest BCUT2D eigenvalue weighted by atomic mass is 10.1. The lowest BCUT2D eigenvalue weighted by Crippen LogP contribution is -2.48. The van der Waals surface area contributed by atoms with Crippen molar-refractivity contribution in [2.24, 2.45) is 0 Å². The van der Waals surface area contributed by atoms with Crippen LogP contribution in [0.1, 0.15) is 27.9 Å². The van der Waals surface area contributed by atoms with Crippen molar-refractivity contribution in [3.63, 3.8) is 0 Å². The summed E-state index contributed by atoms with van der Waals surface area (Å²) in [5.74, 6) is -1.12. The summed E-state index contributed by atoms with van der Waals surface area (Å²) in [6, 6.07) is 14.2. The van der Waals surface area contributed by atoms with Gasteiger partial charge in [0.05, 0.1) is 16.6 Å². The molecule has 39 heavy (non-hydrogen) atoms. The van der Waals surface area contributed by atoms with Crippen LogP contribution in [0.3, 0.4) is 0 Å². The molecule has 11 nitrogen and oxygen atoms in total. The number of nitrogens with zero attached hydrogens (tertiary/aromatic N) is 3. The maximum absolute atomic E-state index is 12.9. The first-order valence-electron chi connectivity index (χ1n) is 12.4. The Morgan fingerprint density at radius 3 is 2.51 bits per heavy atom. The number of hydrogen-bond acceptors (Lipinski definition) is 7. The van der Waals surface area contributed by atoms with E-state index in [-0.39, 0.29) is 4.90 Å². The molecule has 0 aliphatic heterocycles. The zero-order valence-electron chi connectivity index (χ0n) is 21.6. The fourth-order valence-corrected chi connectivity index (χ4v) is 5.92. The summed E-state index contributed by atoms with van der Waals surface area (Å²) in [6.45, 7) is 4.22. The van der Waals surface area contributed by atoms with Crippen LogP contribution in [0.15, 0.2) is 71.9 Å². The monoisotopic (exact) mass is 550 g/mol. The highest BCUT2D eigenvalue weighted by molar-refractivity contribution is 7.89. The second kappa shape index (κ2) is 12.0. The number of carboxylic acid groups (broad SMARTS) is 1. The van der Waals surface area contributed by atoms with Gasteiger partial charge >= 0.3 is 5.97 Å². The highest BCUT2D eigenvalue weighted by atomic mass is 32.2. The zero-order valence-corrected chi connectivity index (χ0v) is 22.4. The summed E-state index contributed by atoms with van der Waals surface area (Å²) in [4.78, 5) is 28.8. The van der Waals surface area contributed by atoms with Gasteiger partial charge in [0.1, 0.15) is 11.9 Å². The summed E-state index contributed by atoms with van der Waals surface area (Å²) in [5.41, 5.74) is 2.15. The van der Waals surface area contributed by atoms with Gasteiger partial charge in [0.25, 0.3) is 5.91 Å². The SMILES string of the molecule is Cc1cccc(C)c1S(=O)(=O)NC(CNC(=O)c1ccc2c(cnn2CCCNc2ccccn2)c1)C(=O)O. The van der Waals surface area contributed by atoms with Gasteiger partial charge in [0.2, 0.25) is 10.0 Å². The Bertz CT molecular complexity index is 1570. The van der Waals surface area contributed by atoms with E-state index in [1.54, 1.807) is 62.6 Å². The number of sulfonamides is 1. The number of amides is 1. The normalized spacial score (nSPS) is 12.3. The molecule has 0 saturated heterocycles. The lowest BCUT2D eigenvalue weighted by Gasteiger charge is -2.18. The number of anilines is 1. The number of rotatable bonds is 12. The smallest absolute Gasteiger partial charge is 0.323 e. The van der Waals surface area contributed by atoms with E-state index >= 15 is 0 Å². The van der Waals surface area contributed by atoms with Crippen LogP contribution in [0.4, 0.5) is 5.82 Å². The van der Waals surface area contributed by atoms with Crippen molar-refractivity contribution in [3.8, 4) is 0 Å². The molecule has 0 aliphatic rings. The van der Waals surface area contributed by atoms with Crippen LogP contribution >= 0.6 is 0 Å². The molecular weight excluding hydrogens is 520 g/mol. The first-order valence-corrected chi connectivity index (χ1v) is 13.8. The third-order valence-electron chi connectivity index (χ3n) is 6.16.